The summed E-state index contributed by atoms with van der Waals surface area (Å²) in [7, 11) is -4.85. The second-order valence-corrected chi connectivity index (χ2v) is 7.04. The highest BCUT2D eigenvalue weighted by Crippen LogP contribution is 2.41. The summed E-state index contributed by atoms with van der Waals surface area (Å²) in [5.41, 5.74) is 11.4. The number of nitrogens with two attached hydrogens (primary N) is 2. The van der Waals surface area contributed by atoms with E-state index in [1.165, 1.54) is 6.07 Å². The van der Waals surface area contributed by atoms with Crippen LogP contribution in [0.5, 0.6) is 11.5 Å². The molecular weight excluding hydrogens is 381 g/mol. The third-order valence-electron chi connectivity index (χ3n) is 3.60. The van der Waals surface area contributed by atoms with E-state index in [-0.39, 0.29) is 6.42 Å². The molecule has 11 nitrogen and oxygen atoms in total. The number of benzene rings is 1. The van der Waals surface area contributed by atoms with Crippen molar-refractivity contribution < 1.29 is 38.7 Å². The summed E-state index contributed by atoms with van der Waals surface area (Å²) in [6, 6.07) is 1.32. The number of hydrogen-bond donors (Lipinski definition) is 7. The predicted molar refractivity (Wildman–Crippen MR) is 94.9 cm³/mol. The SMILES string of the molecule is NCCCCC(N)C(=O)NC(Cc1ccc(OP(=O)(O)O)c(O)c1)C(=O)O. The van der Waals surface area contributed by atoms with Crippen molar-refractivity contribution in [2.75, 3.05) is 6.54 Å². The molecule has 0 heterocycles. The summed E-state index contributed by atoms with van der Waals surface area (Å²) in [5, 5.41) is 21.4. The Morgan fingerprint density at radius 1 is 1.26 bits per heavy atom. The molecule has 1 rings (SSSR count). The molecule has 2 unspecified atom stereocenters. The molecule has 0 aliphatic heterocycles. The topological polar surface area (TPSA) is 205 Å². The van der Waals surface area contributed by atoms with Crippen molar-refractivity contribution in [1.29, 1.82) is 0 Å². The number of carboxylic acid groups (broad SMARTS) is 1. The fraction of sp³-hybridized carbons (Fsp3) is 0.467. The van der Waals surface area contributed by atoms with E-state index in [1.54, 1.807) is 0 Å². The van der Waals surface area contributed by atoms with Gasteiger partial charge in [-0.25, -0.2) is 9.36 Å². The van der Waals surface area contributed by atoms with Crippen LogP contribution in [0.3, 0.4) is 0 Å². The van der Waals surface area contributed by atoms with Crippen LogP contribution in [0, 0.1) is 0 Å². The molecule has 9 N–H and O–H groups in total. The first kappa shape index (κ1) is 22.9. The van der Waals surface area contributed by atoms with E-state index in [4.69, 9.17) is 21.3 Å². The summed E-state index contributed by atoms with van der Waals surface area (Å²) in [4.78, 5) is 40.9. The first-order chi connectivity index (χ1) is 12.5. The molecule has 0 radical (unpaired) electrons. The Labute approximate surface area is 155 Å². The average molecular weight is 405 g/mol. The van der Waals surface area contributed by atoms with Crippen molar-refractivity contribution in [3.8, 4) is 11.5 Å². The summed E-state index contributed by atoms with van der Waals surface area (Å²) < 4.78 is 15.1. The molecule has 0 saturated heterocycles. The van der Waals surface area contributed by atoms with Crippen molar-refractivity contribution in [3.05, 3.63) is 23.8 Å². The zero-order valence-electron chi connectivity index (χ0n) is 14.4. The number of phenolic OH excluding ortho intramolecular Hbond substituents is 1. The first-order valence-corrected chi connectivity index (χ1v) is 9.62. The van der Waals surface area contributed by atoms with E-state index in [0.29, 0.717) is 31.4 Å². The van der Waals surface area contributed by atoms with E-state index in [9.17, 15) is 24.4 Å². The number of phenols is 1. The molecule has 0 bridgehead atoms. The van der Waals surface area contributed by atoms with Gasteiger partial charge in [0, 0.05) is 6.42 Å². The molecule has 0 fully saturated rings. The Hall–Kier alpha value is -2.17. The molecule has 0 saturated carbocycles. The Bertz CT molecular complexity index is 708. The van der Waals surface area contributed by atoms with Gasteiger partial charge in [0.05, 0.1) is 6.04 Å². The number of rotatable bonds is 11. The van der Waals surface area contributed by atoms with Crippen molar-refractivity contribution in [1.82, 2.24) is 5.32 Å². The van der Waals surface area contributed by atoms with Gasteiger partial charge < -0.3 is 31.5 Å². The zero-order chi connectivity index (χ0) is 20.6. The Morgan fingerprint density at radius 2 is 1.93 bits per heavy atom. The van der Waals surface area contributed by atoms with Gasteiger partial charge in [0.1, 0.15) is 6.04 Å². The third kappa shape index (κ3) is 8.37. The van der Waals surface area contributed by atoms with Gasteiger partial charge >= 0.3 is 13.8 Å². The standard InChI is InChI=1S/C15H24N3O8P/c16-6-2-1-3-10(17)14(20)18-11(15(21)22)7-9-4-5-13(12(19)8-9)26-27(23,24)25/h4-5,8,10-11,19H,1-3,6-7,16-17H2,(H,18,20)(H,21,22)(H2,23,24,25). The number of unbranched alkanes of at least 4 members (excludes halogenated alkanes) is 1. The lowest BCUT2D eigenvalue weighted by Gasteiger charge is -2.18. The molecule has 0 aromatic heterocycles. The minimum Gasteiger partial charge on any atom is -0.504 e. The molecular formula is C15H24N3O8P. The number of phosphoric acid groups is 1. The van der Waals surface area contributed by atoms with Crippen molar-refractivity contribution in [2.45, 2.75) is 37.8 Å². The van der Waals surface area contributed by atoms with Gasteiger partial charge in [-0.2, -0.15) is 0 Å². The summed E-state index contributed by atoms with van der Waals surface area (Å²) >= 11 is 0. The van der Waals surface area contributed by atoms with E-state index in [1.807, 2.05) is 0 Å². The number of aromatic hydroxyl groups is 1. The van der Waals surface area contributed by atoms with E-state index < -0.39 is 43.3 Å². The molecule has 0 spiro atoms. The number of aliphatic carboxylic acids is 1. The van der Waals surface area contributed by atoms with Crippen LogP contribution in [0.25, 0.3) is 0 Å². The van der Waals surface area contributed by atoms with Crippen LogP contribution in [0.15, 0.2) is 18.2 Å². The summed E-state index contributed by atoms with van der Waals surface area (Å²) in [6.45, 7) is 0.470. The highest BCUT2D eigenvalue weighted by Gasteiger charge is 2.24. The van der Waals surface area contributed by atoms with E-state index >= 15 is 0 Å². The second kappa shape index (κ2) is 10.2. The maximum absolute atomic E-state index is 12.0. The monoisotopic (exact) mass is 405 g/mol. The minimum atomic E-state index is -4.85. The van der Waals surface area contributed by atoms with Crippen LogP contribution in [0.4, 0.5) is 0 Å². The molecule has 1 amide bonds. The van der Waals surface area contributed by atoms with E-state index in [2.05, 4.69) is 9.84 Å². The highest BCUT2D eigenvalue weighted by molar-refractivity contribution is 7.46. The molecule has 1 aromatic carbocycles. The molecule has 1 aromatic rings. The molecule has 2 atom stereocenters. The van der Waals surface area contributed by atoms with Crippen LogP contribution in [-0.2, 0) is 20.6 Å². The predicted octanol–water partition coefficient (Wildman–Crippen LogP) is -0.568. The number of nitrogens with one attached hydrogen (secondary N) is 1. The minimum absolute atomic E-state index is 0.180. The maximum Gasteiger partial charge on any atom is 0.524 e. The molecule has 27 heavy (non-hydrogen) atoms. The van der Waals surface area contributed by atoms with Gasteiger partial charge in [-0.05, 0) is 37.1 Å². The Morgan fingerprint density at radius 3 is 2.44 bits per heavy atom. The van der Waals surface area contributed by atoms with Crippen LogP contribution in [0.2, 0.25) is 0 Å². The van der Waals surface area contributed by atoms with Crippen molar-refractivity contribution in [3.63, 3.8) is 0 Å². The molecule has 12 heteroatoms. The zero-order valence-corrected chi connectivity index (χ0v) is 15.3. The third-order valence-corrected chi connectivity index (χ3v) is 4.04. The number of carbonyl (C=O) groups is 2. The van der Waals surface area contributed by atoms with Crippen LogP contribution >= 0.6 is 7.82 Å². The molecule has 0 aliphatic carbocycles. The fourth-order valence-electron chi connectivity index (χ4n) is 2.25. The lowest BCUT2D eigenvalue weighted by atomic mass is 10.0. The van der Waals surface area contributed by atoms with Crippen molar-refractivity contribution >= 4 is 19.7 Å². The Balaban J connectivity index is 2.77. The number of hydrogen-bond acceptors (Lipinski definition) is 7. The summed E-state index contributed by atoms with van der Waals surface area (Å²) in [5.74, 6) is -2.95. The van der Waals surface area contributed by atoms with Gasteiger partial charge in [0.15, 0.2) is 11.5 Å². The largest absolute Gasteiger partial charge is 0.524 e. The van der Waals surface area contributed by atoms with Gasteiger partial charge in [0.25, 0.3) is 0 Å². The fourth-order valence-corrected chi connectivity index (χ4v) is 2.66. The maximum atomic E-state index is 12.0. The normalized spacial score (nSPS) is 13.6. The number of amides is 1. The highest BCUT2D eigenvalue weighted by atomic mass is 31.2. The summed E-state index contributed by atoms with van der Waals surface area (Å²) in [6.07, 6.45) is 1.52. The van der Waals surface area contributed by atoms with Gasteiger partial charge in [0.2, 0.25) is 5.91 Å². The Kier molecular flexibility index (Phi) is 8.67. The van der Waals surface area contributed by atoms with Crippen LogP contribution < -0.4 is 21.3 Å². The lowest BCUT2D eigenvalue weighted by molar-refractivity contribution is -0.142. The molecule has 152 valence electrons. The quantitative estimate of drug-likeness (QED) is 0.184. The number of carbonyl (C=O) groups excluding carboxylic acids is 1. The second-order valence-electron chi connectivity index (χ2n) is 5.88. The number of phosphoric ester groups is 1. The van der Waals surface area contributed by atoms with Crippen LogP contribution in [0.1, 0.15) is 24.8 Å². The molecule has 0 aliphatic rings. The van der Waals surface area contributed by atoms with Gasteiger partial charge in [-0.15, -0.1) is 0 Å². The van der Waals surface area contributed by atoms with Crippen molar-refractivity contribution in [2.24, 2.45) is 11.5 Å². The average Bonchev–Trinajstić information content (AvgIpc) is 2.55. The van der Waals surface area contributed by atoms with E-state index in [0.717, 1.165) is 12.1 Å². The van der Waals surface area contributed by atoms with Crippen LogP contribution in [-0.4, -0.2) is 50.5 Å². The van der Waals surface area contributed by atoms with Gasteiger partial charge in [-0.1, -0.05) is 12.5 Å². The lowest BCUT2D eigenvalue weighted by Crippen LogP contribution is -2.49. The number of carboxylic acids is 1. The first-order valence-electron chi connectivity index (χ1n) is 8.09. The smallest absolute Gasteiger partial charge is 0.504 e. The van der Waals surface area contributed by atoms with Gasteiger partial charge in [-0.3, -0.25) is 14.6 Å².